The highest BCUT2D eigenvalue weighted by molar-refractivity contribution is 5.51. The van der Waals surface area contributed by atoms with Crippen molar-refractivity contribution in [1.29, 1.82) is 0 Å². The van der Waals surface area contributed by atoms with Gasteiger partial charge < -0.3 is 5.73 Å². The molecule has 0 bridgehead atoms. The standard InChI is InChI=1S/C12H15N5/c1-8(2)5-9-6-11(13)17-12(16-9)10-3-4-14-7-15-10/h3-4,6-8H,5H2,1-2H3,(H2,13,16,17). The summed E-state index contributed by atoms with van der Waals surface area (Å²) >= 11 is 0. The number of nitrogens with zero attached hydrogens (tertiary/aromatic N) is 4. The van der Waals surface area contributed by atoms with Gasteiger partial charge in [-0.3, -0.25) is 0 Å². The van der Waals surface area contributed by atoms with E-state index in [1.165, 1.54) is 6.33 Å². The Morgan fingerprint density at radius 2 is 2.12 bits per heavy atom. The zero-order valence-electron chi connectivity index (χ0n) is 9.96. The van der Waals surface area contributed by atoms with E-state index < -0.39 is 0 Å². The third kappa shape index (κ3) is 2.96. The lowest BCUT2D eigenvalue weighted by Gasteiger charge is -2.07. The lowest BCUT2D eigenvalue weighted by molar-refractivity contribution is 0.635. The molecule has 0 radical (unpaired) electrons. The first-order chi connectivity index (χ1) is 8.15. The molecule has 2 heterocycles. The first-order valence-electron chi connectivity index (χ1n) is 5.55. The molecule has 0 atom stereocenters. The Labute approximate surface area is 100 Å². The fourth-order valence-corrected chi connectivity index (χ4v) is 1.58. The van der Waals surface area contributed by atoms with E-state index in [4.69, 9.17) is 5.73 Å². The molecule has 0 aliphatic rings. The fourth-order valence-electron chi connectivity index (χ4n) is 1.58. The highest BCUT2D eigenvalue weighted by atomic mass is 15.0. The molecule has 5 nitrogen and oxygen atoms in total. The molecule has 5 heteroatoms. The molecule has 88 valence electrons. The van der Waals surface area contributed by atoms with Crippen LogP contribution >= 0.6 is 0 Å². The molecule has 0 aliphatic carbocycles. The average molecular weight is 229 g/mol. The second-order valence-corrected chi connectivity index (χ2v) is 4.30. The zero-order valence-corrected chi connectivity index (χ0v) is 9.96. The first kappa shape index (κ1) is 11.4. The third-order valence-electron chi connectivity index (χ3n) is 2.23. The molecule has 0 saturated heterocycles. The van der Waals surface area contributed by atoms with Crippen LogP contribution in [0.4, 0.5) is 5.82 Å². The van der Waals surface area contributed by atoms with Crippen LogP contribution in [0.5, 0.6) is 0 Å². The van der Waals surface area contributed by atoms with Gasteiger partial charge in [-0.1, -0.05) is 13.8 Å². The summed E-state index contributed by atoms with van der Waals surface area (Å²) in [4.78, 5) is 16.6. The maximum atomic E-state index is 5.78. The third-order valence-corrected chi connectivity index (χ3v) is 2.23. The lowest BCUT2D eigenvalue weighted by atomic mass is 10.1. The predicted octanol–water partition coefficient (Wildman–Crippen LogP) is 1.71. The van der Waals surface area contributed by atoms with Crippen LogP contribution in [0, 0.1) is 5.92 Å². The molecule has 2 N–H and O–H groups in total. The van der Waals surface area contributed by atoms with Crippen molar-refractivity contribution < 1.29 is 0 Å². The van der Waals surface area contributed by atoms with Gasteiger partial charge in [0.1, 0.15) is 17.8 Å². The summed E-state index contributed by atoms with van der Waals surface area (Å²) < 4.78 is 0. The van der Waals surface area contributed by atoms with Gasteiger partial charge in [-0.05, 0) is 18.4 Å². The molecule has 17 heavy (non-hydrogen) atoms. The topological polar surface area (TPSA) is 77.6 Å². The van der Waals surface area contributed by atoms with E-state index in [9.17, 15) is 0 Å². The van der Waals surface area contributed by atoms with Crippen molar-refractivity contribution in [1.82, 2.24) is 19.9 Å². The van der Waals surface area contributed by atoms with Crippen LogP contribution in [0.3, 0.4) is 0 Å². The van der Waals surface area contributed by atoms with Crippen molar-refractivity contribution in [3.8, 4) is 11.5 Å². The van der Waals surface area contributed by atoms with E-state index in [-0.39, 0.29) is 0 Å². The largest absolute Gasteiger partial charge is 0.384 e. The van der Waals surface area contributed by atoms with Crippen LogP contribution in [-0.4, -0.2) is 19.9 Å². The van der Waals surface area contributed by atoms with Crippen molar-refractivity contribution in [3.05, 3.63) is 30.4 Å². The highest BCUT2D eigenvalue weighted by Gasteiger charge is 2.07. The van der Waals surface area contributed by atoms with Crippen molar-refractivity contribution >= 4 is 5.82 Å². The Hall–Kier alpha value is -2.04. The van der Waals surface area contributed by atoms with E-state index in [0.717, 1.165) is 12.1 Å². The molecule has 0 spiro atoms. The molecule has 0 amide bonds. The van der Waals surface area contributed by atoms with Gasteiger partial charge in [0.2, 0.25) is 0 Å². The normalized spacial score (nSPS) is 10.8. The first-order valence-corrected chi connectivity index (χ1v) is 5.55. The van der Waals surface area contributed by atoms with E-state index in [2.05, 4.69) is 33.8 Å². The average Bonchev–Trinajstić information content (AvgIpc) is 2.28. The molecule has 2 aromatic rings. The van der Waals surface area contributed by atoms with Crippen molar-refractivity contribution in [2.75, 3.05) is 5.73 Å². The second-order valence-electron chi connectivity index (χ2n) is 4.30. The van der Waals surface area contributed by atoms with Crippen LogP contribution in [0.25, 0.3) is 11.5 Å². The van der Waals surface area contributed by atoms with Crippen molar-refractivity contribution in [2.45, 2.75) is 20.3 Å². The van der Waals surface area contributed by atoms with Gasteiger partial charge in [-0.25, -0.2) is 19.9 Å². The maximum absolute atomic E-state index is 5.78. The van der Waals surface area contributed by atoms with Crippen LogP contribution in [0.15, 0.2) is 24.7 Å². The number of nitrogens with two attached hydrogens (primary N) is 1. The van der Waals surface area contributed by atoms with E-state index in [1.807, 2.05) is 6.07 Å². The summed E-state index contributed by atoms with van der Waals surface area (Å²) in [6.07, 6.45) is 4.02. The Kier molecular flexibility index (Phi) is 3.27. The quantitative estimate of drug-likeness (QED) is 0.867. The highest BCUT2D eigenvalue weighted by Crippen LogP contribution is 2.15. The number of aromatic nitrogens is 4. The summed E-state index contributed by atoms with van der Waals surface area (Å²) in [5.74, 6) is 1.56. The van der Waals surface area contributed by atoms with Crippen LogP contribution < -0.4 is 5.73 Å². The number of anilines is 1. The fraction of sp³-hybridized carbons (Fsp3) is 0.333. The summed E-state index contributed by atoms with van der Waals surface area (Å²) in [6, 6.07) is 3.58. The lowest BCUT2D eigenvalue weighted by Crippen LogP contribution is -2.04. The molecule has 0 unspecified atom stereocenters. The number of hydrogen-bond donors (Lipinski definition) is 1. The summed E-state index contributed by atoms with van der Waals surface area (Å²) in [7, 11) is 0. The SMILES string of the molecule is CC(C)Cc1cc(N)nc(-c2ccncn2)n1. The minimum Gasteiger partial charge on any atom is -0.384 e. The second kappa shape index (κ2) is 4.86. The van der Waals surface area contributed by atoms with Gasteiger partial charge >= 0.3 is 0 Å². The molecule has 0 aromatic carbocycles. The van der Waals surface area contributed by atoms with Crippen LogP contribution in [0.1, 0.15) is 19.5 Å². The maximum Gasteiger partial charge on any atom is 0.180 e. The number of hydrogen-bond acceptors (Lipinski definition) is 5. The molecule has 0 fully saturated rings. The molecular weight excluding hydrogens is 214 g/mol. The smallest absolute Gasteiger partial charge is 0.180 e. The minimum absolute atomic E-state index is 0.476. The van der Waals surface area contributed by atoms with Gasteiger partial charge in [0.15, 0.2) is 5.82 Å². The van der Waals surface area contributed by atoms with Gasteiger partial charge in [0.25, 0.3) is 0 Å². The van der Waals surface area contributed by atoms with E-state index in [1.54, 1.807) is 12.3 Å². The van der Waals surface area contributed by atoms with Crippen molar-refractivity contribution in [2.24, 2.45) is 5.92 Å². The van der Waals surface area contributed by atoms with E-state index >= 15 is 0 Å². The Morgan fingerprint density at radius 1 is 1.29 bits per heavy atom. The zero-order chi connectivity index (χ0) is 12.3. The predicted molar refractivity (Wildman–Crippen MR) is 66.0 cm³/mol. The van der Waals surface area contributed by atoms with Gasteiger partial charge in [0, 0.05) is 18.0 Å². The molecule has 2 rings (SSSR count). The van der Waals surface area contributed by atoms with Gasteiger partial charge in [0.05, 0.1) is 0 Å². The molecule has 0 aliphatic heterocycles. The summed E-state index contributed by atoms with van der Waals surface area (Å²) in [6.45, 7) is 4.28. The van der Waals surface area contributed by atoms with E-state index in [0.29, 0.717) is 23.3 Å². The summed E-state index contributed by atoms with van der Waals surface area (Å²) in [5.41, 5.74) is 7.42. The van der Waals surface area contributed by atoms with Gasteiger partial charge in [-0.2, -0.15) is 0 Å². The van der Waals surface area contributed by atoms with Crippen LogP contribution in [0.2, 0.25) is 0 Å². The molecule has 2 aromatic heterocycles. The minimum atomic E-state index is 0.476. The molecular formula is C12H15N5. The monoisotopic (exact) mass is 229 g/mol. The Morgan fingerprint density at radius 3 is 2.76 bits per heavy atom. The van der Waals surface area contributed by atoms with Crippen molar-refractivity contribution in [3.63, 3.8) is 0 Å². The number of nitrogen functional groups attached to an aromatic ring is 1. The Bertz CT molecular complexity index is 496. The van der Waals surface area contributed by atoms with Crippen LogP contribution in [-0.2, 0) is 6.42 Å². The number of rotatable bonds is 3. The van der Waals surface area contributed by atoms with Gasteiger partial charge in [-0.15, -0.1) is 0 Å². The Balaban J connectivity index is 2.38. The summed E-state index contributed by atoms with van der Waals surface area (Å²) in [5, 5.41) is 0. The molecule has 0 saturated carbocycles.